The summed E-state index contributed by atoms with van der Waals surface area (Å²) in [6, 6.07) is 8.18. The van der Waals surface area contributed by atoms with Gasteiger partial charge in [-0.05, 0) is 35.3 Å². The molecule has 0 aliphatic rings. The van der Waals surface area contributed by atoms with E-state index in [0.717, 1.165) is 0 Å². The Kier molecular flexibility index (Phi) is 3.57. The van der Waals surface area contributed by atoms with E-state index in [1.807, 2.05) is 0 Å². The summed E-state index contributed by atoms with van der Waals surface area (Å²) in [5, 5.41) is 8.05. The zero-order valence-corrected chi connectivity index (χ0v) is 8.33. The zero-order valence-electron chi connectivity index (χ0n) is 6.81. The number of hydrogen-bond donors (Lipinski definition) is 1. The highest BCUT2D eigenvalue weighted by molar-refractivity contribution is 6.56. The molecule has 4 nitrogen and oxygen atoms in total. The van der Waals surface area contributed by atoms with Gasteiger partial charge in [-0.25, -0.2) is 4.79 Å². The first-order chi connectivity index (χ1) is 6.56. The molecule has 0 spiro atoms. The Bertz CT molecular complexity index is 312. The SMILES string of the molecule is O=C(OO)C(Cl)(Cl)Oc1ccccc1. The Morgan fingerprint density at radius 2 is 1.86 bits per heavy atom. The molecule has 0 aromatic heterocycles. The summed E-state index contributed by atoms with van der Waals surface area (Å²) < 4.78 is 2.60. The van der Waals surface area contributed by atoms with Crippen LogP contribution in [0.3, 0.4) is 0 Å². The van der Waals surface area contributed by atoms with Gasteiger partial charge in [0.2, 0.25) is 0 Å². The van der Waals surface area contributed by atoms with Crippen molar-refractivity contribution in [3.8, 4) is 5.75 Å². The van der Waals surface area contributed by atoms with E-state index in [9.17, 15) is 4.79 Å². The van der Waals surface area contributed by atoms with Crippen molar-refractivity contribution in [2.75, 3.05) is 0 Å². The van der Waals surface area contributed by atoms with Gasteiger partial charge >= 0.3 is 10.5 Å². The molecule has 1 rings (SSSR count). The second-order valence-electron chi connectivity index (χ2n) is 2.31. The van der Waals surface area contributed by atoms with Crippen LogP contribution < -0.4 is 4.74 Å². The molecule has 76 valence electrons. The van der Waals surface area contributed by atoms with Crippen LogP contribution in [0.2, 0.25) is 0 Å². The molecule has 0 amide bonds. The van der Waals surface area contributed by atoms with Crippen molar-refractivity contribution < 1.29 is 19.7 Å². The number of carbonyl (C=O) groups is 1. The summed E-state index contributed by atoms with van der Waals surface area (Å²) in [4.78, 5) is 14.1. The minimum absolute atomic E-state index is 0.280. The highest BCUT2D eigenvalue weighted by Gasteiger charge is 2.39. The molecule has 0 aliphatic carbocycles. The van der Waals surface area contributed by atoms with Crippen molar-refractivity contribution in [2.45, 2.75) is 4.52 Å². The third-order valence-electron chi connectivity index (χ3n) is 1.31. The van der Waals surface area contributed by atoms with Crippen molar-refractivity contribution in [1.82, 2.24) is 0 Å². The quantitative estimate of drug-likeness (QED) is 0.497. The van der Waals surface area contributed by atoms with Gasteiger partial charge in [-0.1, -0.05) is 18.2 Å². The van der Waals surface area contributed by atoms with Crippen LogP contribution in [0.15, 0.2) is 30.3 Å². The number of alkyl halides is 2. The van der Waals surface area contributed by atoms with Gasteiger partial charge < -0.3 is 4.74 Å². The maximum atomic E-state index is 10.8. The van der Waals surface area contributed by atoms with Crippen LogP contribution in [0.4, 0.5) is 0 Å². The van der Waals surface area contributed by atoms with E-state index in [2.05, 4.69) is 4.89 Å². The highest BCUT2D eigenvalue weighted by Crippen LogP contribution is 2.27. The first-order valence-corrected chi connectivity index (χ1v) is 4.29. The average Bonchev–Trinajstić information content (AvgIpc) is 2.17. The summed E-state index contributed by atoms with van der Waals surface area (Å²) in [5.41, 5.74) is 0. The van der Waals surface area contributed by atoms with Crippen LogP contribution in [0, 0.1) is 0 Å². The van der Waals surface area contributed by atoms with E-state index in [0.29, 0.717) is 0 Å². The number of para-hydroxylation sites is 1. The largest absolute Gasteiger partial charge is 0.449 e. The van der Waals surface area contributed by atoms with Gasteiger partial charge in [0.15, 0.2) is 0 Å². The molecule has 0 aliphatic heterocycles. The van der Waals surface area contributed by atoms with Gasteiger partial charge in [0, 0.05) is 0 Å². The van der Waals surface area contributed by atoms with Gasteiger partial charge in [-0.2, -0.15) is 5.26 Å². The Labute approximate surface area is 89.9 Å². The van der Waals surface area contributed by atoms with Crippen LogP contribution in [0.5, 0.6) is 5.75 Å². The standard InChI is InChI=1S/C8H6Cl2O4/c9-8(10,7(11)14-12)13-6-4-2-1-3-5-6/h1-5,12H. The first kappa shape index (κ1) is 11.1. The summed E-state index contributed by atoms with van der Waals surface area (Å²) in [6.07, 6.45) is 0. The Morgan fingerprint density at radius 3 is 2.36 bits per heavy atom. The molecule has 1 aromatic carbocycles. The molecule has 0 fully saturated rings. The van der Waals surface area contributed by atoms with E-state index in [1.54, 1.807) is 30.3 Å². The smallest absolute Gasteiger partial charge is 0.417 e. The lowest BCUT2D eigenvalue weighted by atomic mass is 10.3. The van der Waals surface area contributed by atoms with Gasteiger partial charge in [-0.15, -0.1) is 0 Å². The molecule has 0 radical (unpaired) electrons. The van der Waals surface area contributed by atoms with Gasteiger partial charge in [0.05, 0.1) is 0 Å². The third kappa shape index (κ3) is 2.77. The minimum Gasteiger partial charge on any atom is -0.449 e. The second-order valence-corrected chi connectivity index (χ2v) is 3.57. The number of rotatable bonds is 3. The third-order valence-corrected chi connectivity index (χ3v) is 1.77. The molecule has 0 atom stereocenters. The summed E-state index contributed by atoms with van der Waals surface area (Å²) in [5.74, 6) is -1.02. The molecule has 0 saturated heterocycles. The first-order valence-electron chi connectivity index (χ1n) is 3.54. The van der Waals surface area contributed by atoms with E-state index in [1.165, 1.54) is 0 Å². The number of benzene rings is 1. The summed E-state index contributed by atoms with van der Waals surface area (Å²) in [7, 11) is 0. The van der Waals surface area contributed by atoms with Crippen LogP contribution >= 0.6 is 23.2 Å². The molecule has 0 bridgehead atoms. The van der Waals surface area contributed by atoms with Gasteiger partial charge in [0.1, 0.15) is 5.75 Å². The number of halogens is 2. The lowest BCUT2D eigenvalue weighted by Crippen LogP contribution is -2.33. The molecule has 6 heteroatoms. The zero-order chi connectivity index (χ0) is 10.6. The van der Waals surface area contributed by atoms with Crippen LogP contribution in [0.1, 0.15) is 0 Å². The van der Waals surface area contributed by atoms with E-state index < -0.39 is 10.5 Å². The maximum absolute atomic E-state index is 10.8. The fourth-order valence-corrected chi connectivity index (χ4v) is 0.979. The minimum atomic E-state index is -2.25. The monoisotopic (exact) mass is 236 g/mol. The fourth-order valence-electron chi connectivity index (χ4n) is 0.731. The molecule has 0 saturated carbocycles. The Balaban J connectivity index is 2.73. The predicted octanol–water partition coefficient (Wildman–Crippen LogP) is 2.21. The lowest BCUT2D eigenvalue weighted by Gasteiger charge is -2.16. The van der Waals surface area contributed by atoms with Crippen LogP contribution in [0.25, 0.3) is 0 Å². The lowest BCUT2D eigenvalue weighted by molar-refractivity contribution is -0.240. The molecular formula is C8H6Cl2O4. The van der Waals surface area contributed by atoms with Crippen LogP contribution in [-0.4, -0.2) is 15.7 Å². The molecule has 14 heavy (non-hydrogen) atoms. The molecule has 0 heterocycles. The van der Waals surface area contributed by atoms with Gasteiger partial charge in [0.25, 0.3) is 0 Å². The summed E-state index contributed by atoms with van der Waals surface area (Å²) in [6.45, 7) is 0. The fraction of sp³-hybridized carbons (Fsp3) is 0.125. The Hall–Kier alpha value is -0.970. The molecular weight excluding hydrogens is 231 g/mol. The van der Waals surface area contributed by atoms with Crippen molar-refractivity contribution in [3.05, 3.63) is 30.3 Å². The van der Waals surface area contributed by atoms with E-state index >= 15 is 0 Å². The molecule has 1 aromatic rings. The number of ether oxygens (including phenoxy) is 1. The van der Waals surface area contributed by atoms with Crippen molar-refractivity contribution >= 4 is 29.2 Å². The molecule has 1 N–H and O–H groups in total. The van der Waals surface area contributed by atoms with Crippen molar-refractivity contribution in [2.24, 2.45) is 0 Å². The Morgan fingerprint density at radius 1 is 1.29 bits per heavy atom. The van der Waals surface area contributed by atoms with Gasteiger partial charge in [-0.3, -0.25) is 4.89 Å². The summed E-state index contributed by atoms with van der Waals surface area (Å²) >= 11 is 10.9. The van der Waals surface area contributed by atoms with Crippen molar-refractivity contribution in [3.63, 3.8) is 0 Å². The van der Waals surface area contributed by atoms with Crippen LogP contribution in [-0.2, 0) is 9.68 Å². The predicted molar refractivity (Wildman–Crippen MR) is 50.2 cm³/mol. The average molecular weight is 237 g/mol. The van der Waals surface area contributed by atoms with E-state index in [4.69, 9.17) is 33.2 Å². The second kappa shape index (κ2) is 4.50. The molecule has 0 unspecified atom stereocenters. The number of hydrogen-bond acceptors (Lipinski definition) is 4. The topological polar surface area (TPSA) is 55.8 Å². The maximum Gasteiger partial charge on any atom is 0.417 e. The van der Waals surface area contributed by atoms with E-state index in [-0.39, 0.29) is 5.75 Å². The van der Waals surface area contributed by atoms with Crippen molar-refractivity contribution in [1.29, 1.82) is 0 Å². The normalized spacial score (nSPS) is 10.8. The highest BCUT2D eigenvalue weighted by atomic mass is 35.5. The number of carbonyl (C=O) groups excluding carboxylic acids is 1.